The van der Waals surface area contributed by atoms with Crippen molar-refractivity contribution in [1.82, 2.24) is 10.3 Å². The molecule has 0 fully saturated rings. The Balaban J connectivity index is 1.58. The van der Waals surface area contributed by atoms with Gasteiger partial charge in [-0.3, -0.25) is 9.78 Å². The van der Waals surface area contributed by atoms with E-state index >= 15 is 0 Å². The van der Waals surface area contributed by atoms with Gasteiger partial charge in [0.1, 0.15) is 5.75 Å². The number of carbonyl (C=O) groups excluding carboxylic acids is 1. The van der Waals surface area contributed by atoms with Crippen LogP contribution < -0.4 is 15.4 Å². The predicted octanol–water partition coefficient (Wildman–Crippen LogP) is 3.87. The molecule has 3 aromatic rings. The molecule has 5 heteroatoms. The lowest BCUT2D eigenvalue weighted by Gasteiger charge is -2.15. The summed E-state index contributed by atoms with van der Waals surface area (Å²) in [5.41, 5.74) is 3.92. The summed E-state index contributed by atoms with van der Waals surface area (Å²) in [4.78, 5) is 17.0. The summed E-state index contributed by atoms with van der Waals surface area (Å²) in [6.07, 6.45) is 6.64. The lowest BCUT2D eigenvalue weighted by molar-refractivity contribution is 0.102. The molecule has 0 unspecified atom stereocenters. The molecule has 0 bridgehead atoms. The van der Waals surface area contributed by atoms with E-state index in [2.05, 4.69) is 33.8 Å². The van der Waals surface area contributed by atoms with E-state index in [1.165, 1.54) is 11.1 Å². The molecule has 136 valence electrons. The van der Waals surface area contributed by atoms with E-state index in [0.29, 0.717) is 11.3 Å². The van der Waals surface area contributed by atoms with Gasteiger partial charge in [-0.15, -0.1) is 0 Å². The van der Waals surface area contributed by atoms with Crippen LogP contribution in [0.5, 0.6) is 5.75 Å². The fourth-order valence-electron chi connectivity index (χ4n) is 3.39. The zero-order valence-corrected chi connectivity index (χ0v) is 15.2. The minimum Gasteiger partial charge on any atom is -0.496 e. The number of rotatable bonds is 4. The van der Waals surface area contributed by atoms with Crippen molar-refractivity contribution in [3.05, 3.63) is 72.1 Å². The number of amides is 1. The Morgan fingerprint density at radius 2 is 1.96 bits per heavy atom. The minimum atomic E-state index is -0.150. The van der Waals surface area contributed by atoms with Gasteiger partial charge >= 0.3 is 0 Å². The van der Waals surface area contributed by atoms with Gasteiger partial charge in [-0.1, -0.05) is 18.2 Å². The summed E-state index contributed by atoms with van der Waals surface area (Å²) in [5.74, 6) is 0.553. The highest BCUT2D eigenvalue weighted by Gasteiger charge is 2.13. The highest BCUT2D eigenvalue weighted by atomic mass is 16.5. The summed E-state index contributed by atoms with van der Waals surface area (Å²) in [6, 6.07) is 13.4. The molecule has 0 radical (unpaired) electrons. The molecule has 2 heterocycles. The van der Waals surface area contributed by atoms with Crippen LogP contribution in [0.1, 0.15) is 22.3 Å². The van der Waals surface area contributed by atoms with Crippen LogP contribution in [0.25, 0.3) is 16.3 Å². The number of fused-ring (bicyclic) bond motifs is 1. The fraction of sp³-hybridized carbons (Fsp3) is 0.182. The largest absolute Gasteiger partial charge is 0.496 e. The van der Waals surface area contributed by atoms with Gasteiger partial charge in [0, 0.05) is 41.0 Å². The Morgan fingerprint density at radius 1 is 1.11 bits per heavy atom. The fourth-order valence-corrected chi connectivity index (χ4v) is 3.39. The average molecular weight is 359 g/mol. The third-order valence-corrected chi connectivity index (χ3v) is 4.82. The summed E-state index contributed by atoms with van der Waals surface area (Å²) >= 11 is 0. The molecule has 5 nitrogen and oxygen atoms in total. The van der Waals surface area contributed by atoms with Gasteiger partial charge in [0.15, 0.2) is 0 Å². The molecular formula is C22H21N3O2. The first-order valence-electron chi connectivity index (χ1n) is 8.98. The first-order valence-corrected chi connectivity index (χ1v) is 8.98. The molecule has 1 aliphatic heterocycles. The molecule has 0 saturated carbocycles. The van der Waals surface area contributed by atoms with E-state index in [4.69, 9.17) is 4.74 Å². The lowest BCUT2D eigenvalue weighted by Crippen LogP contribution is -2.20. The third kappa shape index (κ3) is 3.55. The Labute approximate surface area is 158 Å². The number of hydrogen-bond acceptors (Lipinski definition) is 4. The molecule has 1 aliphatic rings. The van der Waals surface area contributed by atoms with Crippen molar-refractivity contribution < 1.29 is 9.53 Å². The number of pyridine rings is 1. The number of methoxy groups -OCH3 is 1. The first kappa shape index (κ1) is 17.2. The van der Waals surface area contributed by atoms with E-state index in [0.717, 1.165) is 36.0 Å². The van der Waals surface area contributed by atoms with E-state index in [9.17, 15) is 4.79 Å². The molecular weight excluding hydrogens is 338 g/mol. The zero-order valence-electron chi connectivity index (χ0n) is 15.2. The summed E-state index contributed by atoms with van der Waals surface area (Å²) < 4.78 is 5.37. The molecule has 1 amide bonds. The maximum absolute atomic E-state index is 12.8. The van der Waals surface area contributed by atoms with Crippen molar-refractivity contribution >= 4 is 27.9 Å². The number of nitrogens with one attached hydrogen (secondary N) is 2. The van der Waals surface area contributed by atoms with Crippen LogP contribution in [0.15, 0.2) is 60.9 Å². The molecule has 0 atom stereocenters. The average Bonchev–Trinajstić information content (AvgIpc) is 2.74. The Morgan fingerprint density at radius 3 is 2.70 bits per heavy atom. The summed E-state index contributed by atoms with van der Waals surface area (Å²) in [7, 11) is 1.61. The normalized spacial score (nSPS) is 13.9. The van der Waals surface area contributed by atoms with Crippen molar-refractivity contribution in [3.8, 4) is 5.75 Å². The number of nitrogens with zero attached hydrogens (tertiary/aromatic N) is 1. The number of hydrogen-bond donors (Lipinski definition) is 2. The van der Waals surface area contributed by atoms with Crippen LogP contribution in [-0.4, -0.2) is 31.1 Å². The number of aromatic nitrogens is 1. The zero-order chi connectivity index (χ0) is 18.6. The van der Waals surface area contributed by atoms with Crippen LogP contribution in [-0.2, 0) is 0 Å². The Hall–Kier alpha value is -3.18. The highest BCUT2D eigenvalue weighted by molar-refractivity contribution is 6.13. The lowest BCUT2D eigenvalue weighted by atomic mass is 10.00. The second-order valence-electron chi connectivity index (χ2n) is 6.45. The highest BCUT2D eigenvalue weighted by Crippen LogP contribution is 2.28. The van der Waals surface area contributed by atoms with Gasteiger partial charge < -0.3 is 15.4 Å². The number of carbonyl (C=O) groups is 1. The van der Waals surface area contributed by atoms with E-state index < -0.39 is 0 Å². The second kappa shape index (κ2) is 7.60. The molecule has 2 N–H and O–H groups in total. The van der Waals surface area contributed by atoms with Gasteiger partial charge in [-0.25, -0.2) is 0 Å². The molecule has 0 aliphatic carbocycles. The van der Waals surface area contributed by atoms with Crippen molar-refractivity contribution in [2.75, 3.05) is 25.5 Å². The Kier molecular flexibility index (Phi) is 4.85. The minimum absolute atomic E-state index is 0.150. The molecule has 0 spiro atoms. The number of anilines is 1. The van der Waals surface area contributed by atoms with Crippen molar-refractivity contribution in [2.45, 2.75) is 6.42 Å². The van der Waals surface area contributed by atoms with Crippen LogP contribution in [0.2, 0.25) is 0 Å². The van der Waals surface area contributed by atoms with Crippen LogP contribution in [0, 0.1) is 0 Å². The smallest absolute Gasteiger partial charge is 0.256 e. The second-order valence-corrected chi connectivity index (χ2v) is 6.45. The van der Waals surface area contributed by atoms with E-state index in [-0.39, 0.29) is 5.91 Å². The summed E-state index contributed by atoms with van der Waals surface area (Å²) in [6.45, 7) is 1.91. The standard InChI is InChI=1S/C22H21N3O2/c1-27-21-7-6-19(18-10-13-24-14-20(18)21)22(26)25-17-4-2-15(3-5-17)16-8-11-23-12-9-16/h2-8,10,13-14,23H,9,11-12H2,1H3,(H,25,26). The molecule has 1 aromatic heterocycles. The van der Waals surface area contributed by atoms with Crippen LogP contribution in [0.4, 0.5) is 5.69 Å². The maximum Gasteiger partial charge on any atom is 0.256 e. The third-order valence-electron chi connectivity index (χ3n) is 4.82. The van der Waals surface area contributed by atoms with Gasteiger partial charge in [-0.2, -0.15) is 0 Å². The van der Waals surface area contributed by atoms with Crippen molar-refractivity contribution in [2.24, 2.45) is 0 Å². The molecule has 4 rings (SSSR count). The predicted molar refractivity (Wildman–Crippen MR) is 108 cm³/mol. The molecule has 0 saturated heterocycles. The molecule has 27 heavy (non-hydrogen) atoms. The van der Waals surface area contributed by atoms with Gasteiger partial charge in [0.2, 0.25) is 0 Å². The SMILES string of the molecule is COc1ccc(C(=O)Nc2ccc(C3=CCNCC3)cc2)c2ccncc12. The number of benzene rings is 2. The first-order chi connectivity index (χ1) is 13.3. The van der Waals surface area contributed by atoms with Crippen LogP contribution >= 0.6 is 0 Å². The van der Waals surface area contributed by atoms with Crippen molar-refractivity contribution in [1.29, 1.82) is 0 Å². The Bertz CT molecular complexity index is 1010. The van der Waals surface area contributed by atoms with Gasteiger partial charge in [0.25, 0.3) is 5.91 Å². The van der Waals surface area contributed by atoms with Crippen LogP contribution in [0.3, 0.4) is 0 Å². The van der Waals surface area contributed by atoms with E-state index in [1.54, 1.807) is 31.6 Å². The monoisotopic (exact) mass is 359 g/mol. The van der Waals surface area contributed by atoms with Gasteiger partial charge in [0.05, 0.1) is 7.11 Å². The quantitative estimate of drug-likeness (QED) is 0.742. The molecule has 2 aromatic carbocycles. The topological polar surface area (TPSA) is 63.2 Å². The summed E-state index contributed by atoms with van der Waals surface area (Å²) in [5, 5.41) is 7.94. The van der Waals surface area contributed by atoms with Crippen molar-refractivity contribution in [3.63, 3.8) is 0 Å². The van der Waals surface area contributed by atoms with E-state index in [1.807, 2.05) is 18.2 Å². The number of ether oxygens (including phenoxy) is 1. The maximum atomic E-state index is 12.8. The van der Waals surface area contributed by atoms with Gasteiger partial charge in [-0.05, 0) is 54.4 Å².